The van der Waals surface area contributed by atoms with E-state index in [9.17, 15) is 4.39 Å². The second-order valence-corrected chi connectivity index (χ2v) is 5.59. The summed E-state index contributed by atoms with van der Waals surface area (Å²) in [7, 11) is 0. The molecule has 0 unspecified atom stereocenters. The monoisotopic (exact) mass is 263 g/mol. The van der Waals surface area contributed by atoms with E-state index in [2.05, 4.69) is 18.8 Å². The molecule has 0 fully saturated rings. The van der Waals surface area contributed by atoms with Crippen LogP contribution in [0.4, 0.5) is 4.39 Å². The Hall–Kier alpha value is -1.22. The molecule has 0 radical (unpaired) electrons. The van der Waals surface area contributed by atoms with Gasteiger partial charge < -0.3 is 0 Å². The molecule has 1 aromatic carbocycles. The summed E-state index contributed by atoms with van der Waals surface area (Å²) in [6.07, 6.45) is 3.13. The predicted molar refractivity (Wildman–Crippen MR) is 75.6 cm³/mol. The molecule has 18 heavy (non-hydrogen) atoms. The van der Waals surface area contributed by atoms with Crippen LogP contribution in [-0.4, -0.2) is 4.98 Å². The zero-order valence-electron chi connectivity index (χ0n) is 11.1. The highest BCUT2D eigenvalue weighted by Gasteiger charge is 2.11. The zero-order chi connectivity index (χ0) is 13.1. The summed E-state index contributed by atoms with van der Waals surface area (Å²) in [6, 6.07) is 5.11. The summed E-state index contributed by atoms with van der Waals surface area (Å²) in [6.45, 7) is 6.20. The molecule has 1 nitrogen and oxygen atoms in total. The molecular weight excluding hydrogens is 245 g/mol. The fourth-order valence-electron chi connectivity index (χ4n) is 2.07. The molecule has 3 heteroatoms. The minimum atomic E-state index is -0.185. The van der Waals surface area contributed by atoms with E-state index in [1.165, 1.54) is 10.6 Å². The molecule has 2 aromatic rings. The molecule has 0 saturated heterocycles. The summed E-state index contributed by atoms with van der Waals surface area (Å²) in [5.41, 5.74) is 3.00. The standard InChI is InChI=1S/C15H18FNS/c1-4-6-14-13(5-2)17-15(18-14)11-7-10(3)8-12(16)9-11/h7-9H,4-6H2,1-3H3. The number of thiazole rings is 1. The van der Waals surface area contributed by atoms with Gasteiger partial charge in [-0.15, -0.1) is 11.3 Å². The van der Waals surface area contributed by atoms with Gasteiger partial charge in [0.05, 0.1) is 5.69 Å². The molecule has 0 N–H and O–H groups in total. The van der Waals surface area contributed by atoms with Gasteiger partial charge in [-0.1, -0.05) is 20.3 Å². The van der Waals surface area contributed by atoms with E-state index in [0.717, 1.165) is 35.4 Å². The number of aromatic nitrogens is 1. The van der Waals surface area contributed by atoms with Crippen molar-refractivity contribution in [1.29, 1.82) is 0 Å². The minimum absolute atomic E-state index is 0.185. The van der Waals surface area contributed by atoms with Crippen molar-refractivity contribution in [2.45, 2.75) is 40.0 Å². The van der Waals surface area contributed by atoms with E-state index in [1.54, 1.807) is 23.5 Å². The Kier molecular flexibility index (Phi) is 4.12. The molecule has 0 aliphatic rings. The quantitative estimate of drug-likeness (QED) is 0.774. The van der Waals surface area contributed by atoms with Crippen molar-refractivity contribution >= 4 is 11.3 Å². The molecule has 0 saturated carbocycles. The van der Waals surface area contributed by atoms with Crippen LogP contribution in [0.5, 0.6) is 0 Å². The van der Waals surface area contributed by atoms with Gasteiger partial charge in [-0.05, 0) is 43.5 Å². The van der Waals surface area contributed by atoms with Gasteiger partial charge in [-0.2, -0.15) is 0 Å². The molecule has 0 spiro atoms. The van der Waals surface area contributed by atoms with Crippen molar-refractivity contribution < 1.29 is 4.39 Å². The van der Waals surface area contributed by atoms with E-state index >= 15 is 0 Å². The van der Waals surface area contributed by atoms with Crippen LogP contribution < -0.4 is 0 Å². The van der Waals surface area contributed by atoms with Crippen molar-refractivity contribution in [3.8, 4) is 10.6 Å². The Labute approximate surface area is 112 Å². The van der Waals surface area contributed by atoms with Crippen LogP contribution in [0.2, 0.25) is 0 Å². The van der Waals surface area contributed by atoms with Gasteiger partial charge in [-0.25, -0.2) is 9.37 Å². The fraction of sp³-hybridized carbons (Fsp3) is 0.400. The normalized spacial score (nSPS) is 10.9. The van der Waals surface area contributed by atoms with Crippen LogP contribution in [0.1, 0.15) is 36.4 Å². The second kappa shape index (κ2) is 5.61. The van der Waals surface area contributed by atoms with E-state index in [1.807, 2.05) is 13.0 Å². The number of nitrogens with zero attached hydrogens (tertiary/aromatic N) is 1. The van der Waals surface area contributed by atoms with E-state index in [0.29, 0.717) is 0 Å². The summed E-state index contributed by atoms with van der Waals surface area (Å²) in [5.74, 6) is -0.185. The Morgan fingerprint density at radius 3 is 2.61 bits per heavy atom. The largest absolute Gasteiger partial charge is 0.241 e. The Morgan fingerprint density at radius 2 is 2.00 bits per heavy atom. The van der Waals surface area contributed by atoms with E-state index in [-0.39, 0.29) is 5.82 Å². The Balaban J connectivity index is 2.43. The van der Waals surface area contributed by atoms with Gasteiger partial charge in [0, 0.05) is 10.4 Å². The molecule has 1 aromatic heterocycles. The van der Waals surface area contributed by atoms with Gasteiger partial charge in [0.25, 0.3) is 0 Å². The lowest BCUT2D eigenvalue weighted by atomic mass is 10.1. The van der Waals surface area contributed by atoms with Crippen LogP contribution in [-0.2, 0) is 12.8 Å². The van der Waals surface area contributed by atoms with Crippen LogP contribution >= 0.6 is 11.3 Å². The van der Waals surface area contributed by atoms with Crippen molar-refractivity contribution in [3.63, 3.8) is 0 Å². The smallest absolute Gasteiger partial charge is 0.124 e. The van der Waals surface area contributed by atoms with Gasteiger partial charge in [0.15, 0.2) is 0 Å². The second-order valence-electron chi connectivity index (χ2n) is 4.51. The number of hydrogen-bond donors (Lipinski definition) is 0. The first-order valence-corrected chi connectivity index (χ1v) is 7.21. The molecule has 0 aliphatic carbocycles. The van der Waals surface area contributed by atoms with Crippen molar-refractivity contribution in [2.75, 3.05) is 0 Å². The number of halogens is 1. The first-order chi connectivity index (χ1) is 8.63. The summed E-state index contributed by atoms with van der Waals surface area (Å²) >= 11 is 1.70. The number of aryl methyl sites for hydroxylation is 3. The average molecular weight is 263 g/mol. The molecule has 96 valence electrons. The summed E-state index contributed by atoms with van der Waals surface area (Å²) < 4.78 is 13.4. The SMILES string of the molecule is CCCc1sc(-c2cc(C)cc(F)c2)nc1CC. The van der Waals surface area contributed by atoms with Gasteiger partial charge in [0.1, 0.15) is 10.8 Å². The highest BCUT2D eigenvalue weighted by atomic mass is 32.1. The number of hydrogen-bond acceptors (Lipinski definition) is 2. The highest BCUT2D eigenvalue weighted by Crippen LogP contribution is 2.30. The molecule has 0 amide bonds. The lowest BCUT2D eigenvalue weighted by molar-refractivity contribution is 0.627. The van der Waals surface area contributed by atoms with Crippen molar-refractivity contribution in [2.24, 2.45) is 0 Å². The van der Waals surface area contributed by atoms with Gasteiger partial charge in [-0.3, -0.25) is 0 Å². The van der Waals surface area contributed by atoms with Crippen LogP contribution in [0.25, 0.3) is 10.6 Å². The first-order valence-electron chi connectivity index (χ1n) is 6.40. The van der Waals surface area contributed by atoms with E-state index in [4.69, 9.17) is 0 Å². The number of rotatable bonds is 4. The lowest BCUT2D eigenvalue weighted by Gasteiger charge is -1.99. The molecule has 0 atom stereocenters. The summed E-state index contributed by atoms with van der Waals surface area (Å²) in [4.78, 5) is 6.00. The maximum Gasteiger partial charge on any atom is 0.124 e. The van der Waals surface area contributed by atoms with Gasteiger partial charge in [0.2, 0.25) is 0 Å². The molecule has 1 heterocycles. The van der Waals surface area contributed by atoms with Crippen LogP contribution in [0.15, 0.2) is 18.2 Å². The van der Waals surface area contributed by atoms with Crippen molar-refractivity contribution in [3.05, 3.63) is 40.2 Å². The average Bonchev–Trinajstić information content (AvgIpc) is 2.71. The Bertz CT molecular complexity index is 525. The topological polar surface area (TPSA) is 12.9 Å². The fourth-order valence-corrected chi connectivity index (χ4v) is 3.30. The predicted octanol–water partition coefficient (Wildman–Crippen LogP) is 4.77. The minimum Gasteiger partial charge on any atom is -0.241 e. The third kappa shape index (κ3) is 2.78. The first kappa shape index (κ1) is 13.2. The molecule has 2 rings (SSSR count). The lowest BCUT2D eigenvalue weighted by Crippen LogP contribution is -1.87. The molecular formula is C15H18FNS. The van der Waals surface area contributed by atoms with E-state index < -0.39 is 0 Å². The maximum atomic E-state index is 13.4. The highest BCUT2D eigenvalue weighted by molar-refractivity contribution is 7.15. The molecule has 0 aliphatic heterocycles. The Morgan fingerprint density at radius 1 is 1.22 bits per heavy atom. The third-order valence-corrected chi connectivity index (χ3v) is 4.09. The zero-order valence-corrected chi connectivity index (χ0v) is 11.9. The molecule has 0 bridgehead atoms. The van der Waals surface area contributed by atoms with Crippen LogP contribution in [0, 0.1) is 12.7 Å². The maximum absolute atomic E-state index is 13.4. The van der Waals surface area contributed by atoms with Crippen molar-refractivity contribution in [1.82, 2.24) is 4.98 Å². The van der Waals surface area contributed by atoms with Gasteiger partial charge >= 0.3 is 0 Å². The number of benzene rings is 1. The van der Waals surface area contributed by atoms with Crippen LogP contribution in [0.3, 0.4) is 0 Å². The summed E-state index contributed by atoms with van der Waals surface area (Å²) in [5, 5.41) is 0.943. The third-order valence-electron chi connectivity index (χ3n) is 2.88.